The number of halogens is 1. The number of hydrogen-bond donors (Lipinski definition) is 1. The van der Waals surface area contributed by atoms with Gasteiger partial charge in [0.15, 0.2) is 0 Å². The lowest BCUT2D eigenvalue weighted by Crippen LogP contribution is -2.01. The van der Waals surface area contributed by atoms with Crippen LogP contribution < -0.4 is 10.5 Å². The van der Waals surface area contributed by atoms with Crippen molar-refractivity contribution < 1.29 is 4.74 Å². The Kier molecular flexibility index (Phi) is 4.46. The molecule has 1 aliphatic carbocycles. The van der Waals surface area contributed by atoms with Crippen LogP contribution in [-0.2, 0) is 0 Å². The van der Waals surface area contributed by atoms with Gasteiger partial charge in [0.1, 0.15) is 5.75 Å². The first-order chi connectivity index (χ1) is 9.72. The van der Waals surface area contributed by atoms with Gasteiger partial charge in [-0.25, -0.2) is 0 Å². The highest BCUT2D eigenvalue weighted by molar-refractivity contribution is 5.85. The lowest BCUT2D eigenvalue weighted by molar-refractivity contribution is 0.416. The highest BCUT2D eigenvalue weighted by atomic mass is 35.5. The third kappa shape index (κ3) is 2.99. The van der Waals surface area contributed by atoms with Gasteiger partial charge in [-0.1, -0.05) is 6.07 Å². The zero-order chi connectivity index (χ0) is 14.1. The van der Waals surface area contributed by atoms with Gasteiger partial charge in [-0.3, -0.25) is 4.98 Å². The van der Waals surface area contributed by atoms with Gasteiger partial charge in [0, 0.05) is 23.7 Å². The van der Waals surface area contributed by atoms with Crippen LogP contribution in [0.1, 0.15) is 23.5 Å². The van der Waals surface area contributed by atoms with Gasteiger partial charge in [0.2, 0.25) is 0 Å². The molecule has 0 spiro atoms. The highest BCUT2D eigenvalue weighted by Gasteiger charge is 2.34. The maximum absolute atomic E-state index is 9.00. The number of ether oxygens (including phenoxy) is 1. The van der Waals surface area contributed by atoms with Gasteiger partial charge < -0.3 is 10.5 Å². The second-order valence-corrected chi connectivity index (χ2v) is 5.01. The van der Waals surface area contributed by atoms with Crippen LogP contribution >= 0.6 is 12.4 Å². The molecular weight excluding hydrogens is 286 g/mol. The Morgan fingerprint density at radius 2 is 2.10 bits per heavy atom. The summed E-state index contributed by atoms with van der Waals surface area (Å²) >= 11 is 0. The largest absolute Gasteiger partial charge is 0.496 e. The van der Waals surface area contributed by atoms with E-state index in [1.807, 2.05) is 12.3 Å². The van der Waals surface area contributed by atoms with Gasteiger partial charge >= 0.3 is 0 Å². The molecule has 1 fully saturated rings. The molecule has 2 unspecified atom stereocenters. The summed E-state index contributed by atoms with van der Waals surface area (Å²) < 4.78 is 5.34. The number of hydrogen-bond acceptors (Lipinski definition) is 4. The average molecular weight is 302 g/mol. The summed E-state index contributed by atoms with van der Waals surface area (Å²) in [5.41, 5.74) is 9.25. The molecule has 1 aliphatic rings. The van der Waals surface area contributed by atoms with Crippen molar-refractivity contribution in [2.24, 2.45) is 5.73 Å². The Labute approximate surface area is 130 Å². The van der Waals surface area contributed by atoms with Crippen molar-refractivity contribution in [2.75, 3.05) is 7.11 Å². The van der Waals surface area contributed by atoms with Crippen LogP contribution in [0.25, 0.3) is 11.3 Å². The smallest absolute Gasteiger partial charge is 0.128 e. The normalized spacial score (nSPS) is 19.3. The first-order valence-electron chi connectivity index (χ1n) is 6.53. The Bertz CT molecular complexity index is 679. The van der Waals surface area contributed by atoms with Crippen molar-refractivity contribution in [1.29, 1.82) is 5.26 Å². The number of nitrogens with zero attached hydrogens (tertiary/aromatic N) is 2. The molecule has 0 saturated heterocycles. The zero-order valence-corrected chi connectivity index (χ0v) is 12.4. The molecule has 1 aromatic carbocycles. The molecule has 4 nitrogen and oxygen atoms in total. The molecule has 0 bridgehead atoms. The van der Waals surface area contributed by atoms with Gasteiger partial charge in [0.25, 0.3) is 0 Å². The minimum Gasteiger partial charge on any atom is -0.496 e. The van der Waals surface area contributed by atoms with Crippen LogP contribution in [0.2, 0.25) is 0 Å². The standard InChI is InChI=1S/C16H15N3O.ClH/c1-20-16-5-2-10(8-17)6-13(16)15-4-3-11(9-19-15)12-7-14(12)18;/h2-6,9,12,14H,7,18H2,1H3;1H. The van der Waals surface area contributed by atoms with Gasteiger partial charge in [-0.2, -0.15) is 5.26 Å². The molecule has 108 valence electrons. The molecule has 1 heterocycles. The Morgan fingerprint density at radius 1 is 1.33 bits per heavy atom. The fourth-order valence-electron chi connectivity index (χ4n) is 2.36. The fraction of sp³-hybridized carbons (Fsp3) is 0.250. The van der Waals surface area contributed by atoms with E-state index in [-0.39, 0.29) is 18.4 Å². The molecule has 3 rings (SSSR count). The molecular formula is C16H16ClN3O. The fourth-order valence-corrected chi connectivity index (χ4v) is 2.36. The lowest BCUT2D eigenvalue weighted by atomic mass is 10.1. The van der Waals surface area contributed by atoms with E-state index >= 15 is 0 Å². The van der Waals surface area contributed by atoms with Crippen LogP contribution in [0.5, 0.6) is 5.75 Å². The third-order valence-electron chi connectivity index (χ3n) is 3.66. The molecule has 0 amide bonds. The molecule has 1 saturated carbocycles. The van der Waals surface area contributed by atoms with E-state index in [2.05, 4.69) is 17.1 Å². The molecule has 2 aromatic rings. The molecule has 21 heavy (non-hydrogen) atoms. The van der Waals surface area contributed by atoms with Gasteiger partial charge in [-0.15, -0.1) is 12.4 Å². The minimum absolute atomic E-state index is 0. The van der Waals surface area contributed by atoms with Crippen LogP contribution in [0.3, 0.4) is 0 Å². The van der Waals surface area contributed by atoms with Crippen molar-refractivity contribution >= 4 is 12.4 Å². The second kappa shape index (κ2) is 6.13. The van der Waals surface area contributed by atoms with Crippen molar-refractivity contribution in [3.05, 3.63) is 47.7 Å². The first kappa shape index (κ1) is 15.3. The molecule has 0 aliphatic heterocycles. The summed E-state index contributed by atoms with van der Waals surface area (Å²) in [6.07, 6.45) is 2.90. The summed E-state index contributed by atoms with van der Waals surface area (Å²) in [7, 11) is 1.61. The maximum Gasteiger partial charge on any atom is 0.128 e. The van der Waals surface area contributed by atoms with E-state index in [4.69, 9.17) is 15.7 Å². The number of aromatic nitrogens is 1. The number of methoxy groups -OCH3 is 1. The van der Waals surface area contributed by atoms with E-state index in [0.717, 1.165) is 17.7 Å². The zero-order valence-electron chi connectivity index (χ0n) is 11.6. The van der Waals surface area contributed by atoms with E-state index in [0.29, 0.717) is 17.2 Å². The van der Waals surface area contributed by atoms with Crippen molar-refractivity contribution in [3.63, 3.8) is 0 Å². The molecule has 0 radical (unpaired) electrons. The lowest BCUT2D eigenvalue weighted by Gasteiger charge is -2.09. The highest BCUT2D eigenvalue weighted by Crippen LogP contribution is 2.39. The quantitative estimate of drug-likeness (QED) is 0.946. The number of nitriles is 1. The summed E-state index contributed by atoms with van der Waals surface area (Å²) in [6.45, 7) is 0. The topological polar surface area (TPSA) is 71.9 Å². The van der Waals surface area contributed by atoms with Crippen LogP contribution in [-0.4, -0.2) is 18.1 Å². The molecule has 2 atom stereocenters. The number of nitrogens with two attached hydrogens (primary N) is 1. The Balaban J connectivity index is 0.00000161. The van der Waals surface area contributed by atoms with Crippen molar-refractivity contribution in [3.8, 4) is 23.1 Å². The maximum atomic E-state index is 9.00. The number of rotatable bonds is 3. The second-order valence-electron chi connectivity index (χ2n) is 5.01. The van der Waals surface area contributed by atoms with E-state index in [1.165, 1.54) is 5.56 Å². The van der Waals surface area contributed by atoms with Crippen molar-refractivity contribution in [1.82, 2.24) is 4.98 Å². The summed E-state index contributed by atoms with van der Waals surface area (Å²) in [6, 6.07) is 11.7. The molecule has 1 aromatic heterocycles. The first-order valence-corrected chi connectivity index (χ1v) is 6.53. The van der Waals surface area contributed by atoms with Crippen LogP contribution in [0.4, 0.5) is 0 Å². The minimum atomic E-state index is 0. The summed E-state index contributed by atoms with van der Waals surface area (Å²) in [5, 5.41) is 9.00. The van der Waals surface area contributed by atoms with Crippen LogP contribution in [0, 0.1) is 11.3 Å². The monoisotopic (exact) mass is 301 g/mol. The number of benzene rings is 1. The van der Waals surface area contributed by atoms with Gasteiger partial charge in [-0.05, 0) is 36.2 Å². The third-order valence-corrected chi connectivity index (χ3v) is 3.66. The van der Waals surface area contributed by atoms with Gasteiger partial charge in [0.05, 0.1) is 24.4 Å². The summed E-state index contributed by atoms with van der Waals surface area (Å²) in [5.74, 6) is 1.16. The van der Waals surface area contributed by atoms with E-state index in [9.17, 15) is 0 Å². The predicted molar refractivity (Wildman–Crippen MR) is 83.5 cm³/mol. The SMILES string of the molecule is COc1ccc(C#N)cc1-c1ccc(C2CC2N)cn1.Cl. The molecule has 5 heteroatoms. The van der Waals surface area contributed by atoms with E-state index in [1.54, 1.807) is 25.3 Å². The number of pyridine rings is 1. The Hall–Kier alpha value is -2.09. The average Bonchev–Trinajstić information content (AvgIpc) is 3.23. The molecule has 2 N–H and O–H groups in total. The predicted octanol–water partition coefficient (Wildman–Crippen LogP) is 2.87. The van der Waals surface area contributed by atoms with E-state index < -0.39 is 0 Å². The van der Waals surface area contributed by atoms with Crippen LogP contribution in [0.15, 0.2) is 36.5 Å². The van der Waals surface area contributed by atoms with Crippen molar-refractivity contribution in [2.45, 2.75) is 18.4 Å². The summed E-state index contributed by atoms with van der Waals surface area (Å²) in [4.78, 5) is 4.48. The Morgan fingerprint density at radius 3 is 2.62 bits per heavy atom.